The minimum atomic E-state index is -1.57. The molecular weight excluding hydrogens is 318 g/mol. The van der Waals surface area contributed by atoms with Crippen LogP contribution in [0.2, 0.25) is 0 Å². The fraction of sp³-hybridized carbons (Fsp3) is 0.167. The van der Waals surface area contributed by atoms with Crippen LogP contribution < -0.4 is 4.74 Å². The molecular formula is C12H9NO8S. The lowest BCUT2D eigenvalue weighted by atomic mass is 10.1. The highest BCUT2D eigenvalue weighted by atomic mass is 32.2. The molecule has 0 aliphatic rings. The fourth-order valence-corrected chi connectivity index (χ4v) is 2.20. The number of rotatable bonds is 4. The Morgan fingerprint density at radius 2 is 1.77 bits per heavy atom. The maximum absolute atomic E-state index is 11.5. The van der Waals surface area contributed by atoms with Crippen molar-refractivity contribution in [1.82, 2.24) is 0 Å². The number of nitrogens with zero attached hydrogens (tertiary/aromatic N) is 1. The van der Waals surface area contributed by atoms with Crippen LogP contribution in [0.4, 0.5) is 0 Å². The summed E-state index contributed by atoms with van der Waals surface area (Å²) in [5, 5.41) is 19.2. The Kier molecular flexibility index (Phi) is 5.35. The van der Waals surface area contributed by atoms with Gasteiger partial charge in [0.25, 0.3) is 0 Å². The molecule has 1 aromatic rings. The number of benzene rings is 1. The van der Waals surface area contributed by atoms with Crippen molar-refractivity contribution in [2.75, 3.05) is 0 Å². The molecule has 1 aromatic carbocycles. The number of aromatic carboxylic acids is 1. The average molecular weight is 327 g/mol. The predicted molar refractivity (Wildman–Crippen MR) is 72.6 cm³/mol. The quantitative estimate of drug-likeness (QED) is 0.285. The van der Waals surface area contributed by atoms with Crippen LogP contribution >= 0.6 is 11.8 Å². The van der Waals surface area contributed by atoms with Crippen molar-refractivity contribution >= 4 is 34.7 Å². The van der Waals surface area contributed by atoms with Crippen LogP contribution in [0.25, 0.3) is 0 Å². The molecule has 0 heterocycles. The molecule has 0 radical (unpaired) electrons. The van der Waals surface area contributed by atoms with Gasteiger partial charge in [-0.1, -0.05) is 11.8 Å². The van der Waals surface area contributed by atoms with Crippen molar-refractivity contribution in [3.05, 3.63) is 33.4 Å². The zero-order valence-electron chi connectivity index (χ0n) is 11.3. The molecule has 10 heteroatoms. The standard InChI is InChI=1S/C12H9NO8S/c1-5(14)21-9-4-10(22-6(2)15)8(11(16)13(19)20)3-7(9)12(17)18/h3-4H,1-2H3,(H,17,18). The number of ether oxygens (including phenoxy) is 1. The Morgan fingerprint density at radius 1 is 1.18 bits per heavy atom. The number of hydrogen-bond acceptors (Lipinski definition) is 8. The number of thioether (sulfide) groups is 1. The van der Waals surface area contributed by atoms with Crippen molar-refractivity contribution in [3.63, 3.8) is 0 Å². The van der Waals surface area contributed by atoms with Gasteiger partial charge in [0.05, 0.1) is 0 Å². The Hall–Kier alpha value is -2.75. The monoisotopic (exact) mass is 327 g/mol. The number of carboxylic acid groups (broad SMARTS) is 1. The van der Waals surface area contributed by atoms with Gasteiger partial charge in [-0.05, 0) is 12.1 Å². The van der Waals surface area contributed by atoms with Gasteiger partial charge in [-0.2, -0.15) is 0 Å². The van der Waals surface area contributed by atoms with Crippen LogP contribution in [0.5, 0.6) is 5.75 Å². The third-order valence-corrected chi connectivity index (χ3v) is 3.06. The number of carbonyl (C=O) groups is 4. The van der Waals surface area contributed by atoms with Crippen LogP contribution in [-0.2, 0) is 9.59 Å². The van der Waals surface area contributed by atoms with E-state index < -0.39 is 44.8 Å². The highest BCUT2D eigenvalue weighted by molar-refractivity contribution is 8.13. The number of carboxylic acids is 1. The lowest BCUT2D eigenvalue weighted by Crippen LogP contribution is -2.15. The number of nitro groups is 1. The number of esters is 1. The van der Waals surface area contributed by atoms with Crippen molar-refractivity contribution < 1.29 is 33.9 Å². The Bertz CT molecular complexity index is 697. The molecule has 0 unspecified atom stereocenters. The van der Waals surface area contributed by atoms with Crippen molar-refractivity contribution in [2.24, 2.45) is 0 Å². The van der Waals surface area contributed by atoms with E-state index >= 15 is 0 Å². The topological polar surface area (TPSA) is 141 Å². The van der Waals surface area contributed by atoms with Gasteiger partial charge in [0, 0.05) is 18.7 Å². The molecule has 116 valence electrons. The van der Waals surface area contributed by atoms with Crippen molar-refractivity contribution in [1.29, 1.82) is 0 Å². The second-order valence-electron chi connectivity index (χ2n) is 3.90. The maximum atomic E-state index is 11.5. The van der Waals surface area contributed by atoms with Crippen LogP contribution in [0.15, 0.2) is 17.0 Å². The molecule has 0 aliphatic heterocycles. The molecule has 0 saturated heterocycles. The average Bonchev–Trinajstić information content (AvgIpc) is 2.36. The maximum Gasteiger partial charge on any atom is 0.477 e. The highest BCUT2D eigenvalue weighted by Gasteiger charge is 2.28. The number of carbonyl (C=O) groups excluding carboxylic acids is 3. The molecule has 0 aromatic heterocycles. The second-order valence-corrected chi connectivity index (χ2v) is 5.12. The first-order valence-electron chi connectivity index (χ1n) is 5.60. The first kappa shape index (κ1) is 17.3. The normalized spacial score (nSPS) is 9.91. The SMILES string of the molecule is CC(=O)Oc1cc(SC(C)=O)c(C(=O)[N+](=O)[O-])cc1C(=O)O. The highest BCUT2D eigenvalue weighted by Crippen LogP contribution is 2.32. The van der Waals surface area contributed by atoms with Gasteiger partial charge < -0.3 is 9.84 Å². The number of hydrogen-bond donors (Lipinski definition) is 1. The summed E-state index contributed by atoms with van der Waals surface area (Å²) in [6.45, 7) is 2.18. The third-order valence-electron chi connectivity index (χ3n) is 2.22. The molecule has 0 saturated carbocycles. The third kappa shape index (κ3) is 4.12. The molecule has 0 fully saturated rings. The lowest BCUT2D eigenvalue weighted by Gasteiger charge is -2.10. The number of amides is 1. The predicted octanol–water partition coefficient (Wildman–Crippen LogP) is 1.37. The fourth-order valence-electron chi connectivity index (χ4n) is 1.47. The van der Waals surface area contributed by atoms with E-state index in [0.717, 1.165) is 19.9 Å². The zero-order chi connectivity index (χ0) is 17.0. The summed E-state index contributed by atoms with van der Waals surface area (Å²) >= 11 is 0.484. The lowest BCUT2D eigenvalue weighted by molar-refractivity contribution is -0.375. The van der Waals surface area contributed by atoms with Crippen LogP contribution in [0.1, 0.15) is 34.6 Å². The first-order valence-corrected chi connectivity index (χ1v) is 6.42. The molecule has 0 atom stereocenters. The molecule has 1 rings (SSSR count). The first-order chi connectivity index (χ1) is 10.1. The summed E-state index contributed by atoms with van der Waals surface area (Å²) in [7, 11) is 0. The van der Waals surface area contributed by atoms with Crippen LogP contribution in [0, 0.1) is 10.1 Å². The van der Waals surface area contributed by atoms with Gasteiger partial charge in [-0.15, -0.1) is 0 Å². The smallest absolute Gasteiger partial charge is 0.477 e. The molecule has 0 bridgehead atoms. The van der Waals surface area contributed by atoms with Crippen LogP contribution in [0.3, 0.4) is 0 Å². The van der Waals surface area contributed by atoms with E-state index in [1.165, 1.54) is 0 Å². The largest absolute Gasteiger partial charge is 0.478 e. The Labute approximate surface area is 127 Å². The van der Waals surface area contributed by atoms with E-state index in [9.17, 15) is 29.3 Å². The Morgan fingerprint density at radius 3 is 2.18 bits per heavy atom. The molecule has 0 spiro atoms. The van der Waals surface area contributed by atoms with E-state index in [1.54, 1.807) is 0 Å². The van der Waals surface area contributed by atoms with Crippen molar-refractivity contribution in [2.45, 2.75) is 18.7 Å². The second kappa shape index (κ2) is 6.80. The van der Waals surface area contributed by atoms with E-state index in [1.807, 2.05) is 0 Å². The molecule has 0 aliphatic carbocycles. The van der Waals surface area contributed by atoms with E-state index in [-0.39, 0.29) is 4.90 Å². The summed E-state index contributed by atoms with van der Waals surface area (Å²) in [6.07, 6.45) is 0. The summed E-state index contributed by atoms with van der Waals surface area (Å²) < 4.78 is 4.70. The molecule has 1 N–H and O–H groups in total. The molecule has 1 amide bonds. The van der Waals surface area contributed by atoms with Gasteiger partial charge in [-0.3, -0.25) is 19.7 Å². The summed E-state index contributed by atoms with van der Waals surface area (Å²) in [5.74, 6) is -4.35. The zero-order valence-corrected chi connectivity index (χ0v) is 12.1. The molecule has 22 heavy (non-hydrogen) atoms. The van der Waals surface area contributed by atoms with E-state index in [2.05, 4.69) is 0 Å². The van der Waals surface area contributed by atoms with Gasteiger partial charge in [0.2, 0.25) is 0 Å². The van der Waals surface area contributed by atoms with E-state index in [4.69, 9.17) is 9.84 Å². The van der Waals surface area contributed by atoms with E-state index in [0.29, 0.717) is 17.8 Å². The summed E-state index contributed by atoms with van der Waals surface area (Å²) in [5.41, 5.74) is -1.17. The minimum absolute atomic E-state index is 0.171. The summed E-state index contributed by atoms with van der Waals surface area (Å²) in [6, 6.07) is 1.64. The minimum Gasteiger partial charge on any atom is -0.478 e. The van der Waals surface area contributed by atoms with Crippen molar-refractivity contribution in [3.8, 4) is 5.75 Å². The summed E-state index contributed by atoms with van der Waals surface area (Å²) in [4.78, 5) is 54.0. The van der Waals surface area contributed by atoms with Gasteiger partial charge in [-0.25, -0.2) is 9.59 Å². The van der Waals surface area contributed by atoms with Gasteiger partial charge >= 0.3 is 17.8 Å². The van der Waals surface area contributed by atoms with Crippen LogP contribution in [-0.4, -0.2) is 33.0 Å². The van der Waals surface area contributed by atoms with Gasteiger partial charge in [0.1, 0.15) is 21.8 Å². The van der Waals surface area contributed by atoms with Gasteiger partial charge in [0.15, 0.2) is 5.12 Å². The molecule has 9 nitrogen and oxygen atoms in total. The Balaban J connectivity index is 3.59.